The molecule has 0 atom stereocenters. The first-order valence-electron chi connectivity index (χ1n) is 4.98. The number of ether oxygens (including phenoxy) is 1. The lowest BCUT2D eigenvalue weighted by Gasteiger charge is -1.96. The second kappa shape index (κ2) is 8.48. The molecule has 1 rings (SSSR count). The van der Waals surface area contributed by atoms with Crippen molar-refractivity contribution < 1.29 is 9.53 Å². The van der Waals surface area contributed by atoms with Crippen LogP contribution in [0.15, 0.2) is 28.7 Å². The third kappa shape index (κ3) is 7.14. The molecule has 0 aliphatic carbocycles. The SMILES string of the molecule is CCOC(C)=O.CCc1ccccc1Br. The zero-order chi connectivity index (χ0) is 11.7. The Bertz CT molecular complexity index is 297. The van der Waals surface area contributed by atoms with Crippen molar-refractivity contribution in [1.29, 1.82) is 0 Å². The van der Waals surface area contributed by atoms with Crippen LogP contribution in [0.25, 0.3) is 0 Å². The van der Waals surface area contributed by atoms with E-state index < -0.39 is 0 Å². The molecule has 0 fully saturated rings. The van der Waals surface area contributed by atoms with Crippen LogP contribution in [-0.4, -0.2) is 12.6 Å². The molecule has 15 heavy (non-hydrogen) atoms. The molecule has 0 aliphatic heterocycles. The summed E-state index contributed by atoms with van der Waals surface area (Å²) in [6.45, 7) is 5.81. The van der Waals surface area contributed by atoms with Crippen LogP contribution in [0, 0.1) is 0 Å². The maximum Gasteiger partial charge on any atom is 0.302 e. The average Bonchev–Trinajstić information content (AvgIpc) is 2.19. The predicted molar refractivity (Wildman–Crippen MR) is 65.8 cm³/mol. The highest BCUT2D eigenvalue weighted by molar-refractivity contribution is 9.10. The summed E-state index contributed by atoms with van der Waals surface area (Å²) in [5.74, 6) is -0.211. The smallest absolute Gasteiger partial charge is 0.302 e. The van der Waals surface area contributed by atoms with E-state index in [1.807, 2.05) is 6.07 Å². The lowest BCUT2D eigenvalue weighted by molar-refractivity contribution is -0.140. The number of hydrogen-bond acceptors (Lipinski definition) is 2. The molecule has 0 amide bonds. The standard InChI is InChI=1S/C8H9Br.C4H8O2/c1-2-7-5-3-4-6-8(7)9;1-3-6-4(2)5/h3-6H,2H2,1H3;3H2,1-2H3. The van der Waals surface area contributed by atoms with Crippen LogP contribution in [0.1, 0.15) is 26.3 Å². The maximum absolute atomic E-state index is 9.82. The highest BCUT2D eigenvalue weighted by atomic mass is 79.9. The van der Waals surface area contributed by atoms with Crippen LogP contribution in [-0.2, 0) is 16.0 Å². The normalized spacial score (nSPS) is 8.80. The molecule has 0 radical (unpaired) electrons. The summed E-state index contributed by atoms with van der Waals surface area (Å²) < 4.78 is 5.62. The van der Waals surface area contributed by atoms with E-state index in [1.165, 1.54) is 17.0 Å². The van der Waals surface area contributed by atoms with Crippen LogP contribution < -0.4 is 0 Å². The molecule has 0 bridgehead atoms. The summed E-state index contributed by atoms with van der Waals surface area (Å²) in [5.41, 5.74) is 1.37. The highest BCUT2D eigenvalue weighted by Crippen LogP contribution is 2.15. The van der Waals surface area contributed by atoms with E-state index in [0.29, 0.717) is 6.61 Å². The molecule has 0 aliphatic rings. The van der Waals surface area contributed by atoms with Gasteiger partial charge < -0.3 is 4.74 Å². The van der Waals surface area contributed by atoms with E-state index in [0.717, 1.165) is 6.42 Å². The lowest BCUT2D eigenvalue weighted by atomic mass is 10.2. The molecular weight excluding hydrogens is 256 g/mol. The summed E-state index contributed by atoms with van der Waals surface area (Å²) >= 11 is 3.46. The number of rotatable bonds is 2. The van der Waals surface area contributed by atoms with Gasteiger partial charge in [0.2, 0.25) is 0 Å². The van der Waals surface area contributed by atoms with Gasteiger partial charge in [-0.2, -0.15) is 0 Å². The molecule has 0 heterocycles. The molecule has 1 aromatic carbocycles. The van der Waals surface area contributed by atoms with Gasteiger partial charge in [-0.1, -0.05) is 41.1 Å². The summed E-state index contributed by atoms with van der Waals surface area (Å²) in [7, 11) is 0. The van der Waals surface area contributed by atoms with Gasteiger partial charge in [-0.15, -0.1) is 0 Å². The topological polar surface area (TPSA) is 26.3 Å². The number of halogens is 1. The molecule has 0 N–H and O–H groups in total. The van der Waals surface area contributed by atoms with E-state index in [-0.39, 0.29) is 5.97 Å². The predicted octanol–water partition coefficient (Wildman–Crippen LogP) is 3.58. The number of carbonyl (C=O) groups excluding carboxylic acids is 1. The summed E-state index contributed by atoms with van der Waals surface area (Å²) in [6, 6.07) is 8.29. The van der Waals surface area contributed by atoms with E-state index in [2.05, 4.69) is 45.8 Å². The Morgan fingerprint density at radius 2 is 1.93 bits per heavy atom. The average molecular weight is 273 g/mol. The monoisotopic (exact) mass is 272 g/mol. The van der Waals surface area contributed by atoms with Gasteiger partial charge in [0.15, 0.2) is 0 Å². The first-order valence-corrected chi connectivity index (χ1v) is 5.77. The van der Waals surface area contributed by atoms with Gasteiger partial charge in [-0.3, -0.25) is 4.79 Å². The van der Waals surface area contributed by atoms with Crippen molar-refractivity contribution in [2.24, 2.45) is 0 Å². The lowest BCUT2D eigenvalue weighted by Crippen LogP contribution is -1.95. The van der Waals surface area contributed by atoms with Crippen molar-refractivity contribution in [2.45, 2.75) is 27.2 Å². The van der Waals surface area contributed by atoms with Crippen LogP contribution >= 0.6 is 15.9 Å². The second-order valence-electron chi connectivity index (χ2n) is 2.87. The Hall–Kier alpha value is -0.830. The van der Waals surface area contributed by atoms with Crippen LogP contribution in [0.5, 0.6) is 0 Å². The summed E-state index contributed by atoms with van der Waals surface area (Å²) in [6.07, 6.45) is 1.10. The summed E-state index contributed by atoms with van der Waals surface area (Å²) in [5, 5.41) is 0. The summed E-state index contributed by atoms with van der Waals surface area (Å²) in [4.78, 5) is 9.82. The quantitative estimate of drug-likeness (QED) is 0.770. The number of benzene rings is 1. The minimum absolute atomic E-state index is 0.211. The van der Waals surface area contributed by atoms with Gasteiger partial charge >= 0.3 is 5.97 Å². The molecular formula is C12H17BrO2. The Labute approximate surface area is 99.8 Å². The third-order valence-electron chi connectivity index (χ3n) is 1.69. The molecule has 0 spiro atoms. The Morgan fingerprint density at radius 3 is 2.20 bits per heavy atom. The molecule has 3 heteroatoms. The van der Waals surface area contributed by atoms with Crippen LogP contribution in [0.3, 0.4) is 0 Å². The van der Waals surface area contributed by atoms with Gasteiger partial charge in [-0.05, 0) is 25.0 Å². The first kappa shape index (κ1) is 14.2. The van der Waals surface area contributed by atoms with Crippen molar-refractivity contribution in [1.82, 2.24) is 0 Å². The number of hydrogen-bond donors (Lipinski definition) is 0. The van der Waals surface area contributed by atoms with Gasteiger partial charge in [-0.25, -0.2) is 0 Å². The maximum atomic E-state index is 9.82. The van der Waals surface area contributed by atoms with Crippen molar-refractivity contribution in [3.05, 3.63) is 34.3 Å². The molecule has 0 aromatic heterocycles. The van der Waals surface area contributed by atoms with Crippen molar-refractivity contribution >= 4 is 21.9 Å². The van der Waals surface area contributed by atoms with Crippen LogP contribution in [0.2, 0.25) is 0 Å². The number of esters is 1. The van der Waals surface area contributed by atoms with Crippen molar-refractivity contribution in [2.75, 3.05) is 6.61 Å². The molecule has 0 saturated carbocycles. The minimum atomic E-state index is -0.211. The third-order valence-corrected chi connectivity index (χ3v) is 2.46. The van der Waals surface area contributed by atoms with Crippen LogP contribution in [0.4, 0.5) is 0 Å². The molecule has 0 unspecified atom stereocenters. The van der Waals surface area contributed by atoms with E-state index >= 15 is 0 Å². The van der Waals surface area contributed by atoms with Gasteiger partial charge in [0.05, 0.1) is 6.61 Å². The van der Waals surface area contributed by atoms with E-state index in [4.69, 9.17) is 0 Å². The zero-order valence-corrected chi connectivity index (χ0v) is 11.0. The molecule has 0 saturated heterocycles. The first-order chi connectivity index (χ1) is 7.11. The highest BCUT2D eigenvalue weighted by Gasteiger charge is 1.91. The second-order valence-corrected chi connectivity index (χ2v) is 3.72. The van der Waals surface area contributed by atoms with Gasteiger partial charge in [0, 0.05) is 11.4 Å². The number of aryl methyl sites for hydroxylation is 1. The molecule has 1 aromatic rings. The van der Waals surface area contributed by atoms with Crippen molar-refractivity contribution in [3.8, 4) is 0 Å². The van der Waals surface area contributed by atoms with Gasteiger partial charge in [0.1, 0.15) is 0 Å². The minimum Gasteiger partial charge on any atom is -0.466 e. The molecule has 84 valence electrons. The van der Waals surface area contributed by atoms with E-state index in [1.54, 1.807) is 6.92 Å². The Balaban J connectivity index is 0.000000288. The largest absolute Gasteiger partial charge is 0.466 e. The fourth-order valence-corrected chi connectivity index (χ4v) is 1.55. The fourth-order valence-electron chi connectivity index (χ4n) is 0.988. The Kier molecular flexibility index (Phi) is 8.01. The van der Waals surface area contributed by atoms with Crippen molar-refractivity contribution in [3.63, 3.8) is 0 Å². The molecule has 2 nitrogen and oxygen atoms in total. The van der Waals surface area contributed by atoms with E-state index in [9.17, 15) is 4.79 Å². The Morgan fingerprint density at radius 1 is 1.33 bits per heavy atom. The fraction of sp³-hybridized carbons (Fsp3) is 0.417. The van der Waals surface area contributed by atoms with Gasteiger partial charge in [0.25, 0.3) is 0 Å². The number of carbonyl (C=O) groups is 1. The zero-order valence-electron chi connectivity index (χ0n) is 9.42.